The number of fused-ring (bicyclic) bond motifs is 2. The fourth-order valence-electron chi connectivity index (χ4n) is 11.9. The summed E-state index contributed by atoms with van der Waals surface area (Å²) in [6, 6.07) is 57.7. The van der Waals surface area contributed by atoms with E-state index >= 15 is 9.59 Å². The van der Waals surface area contributed by atoms with Gasteiger partial charge in [0.25, 0.3) is 0 Å². The Morgan fingerprint density at radius 2 is 0.940 bits per heavy atom. The number of hydrogen-bond acceptors (Lipinski definition) is 7. The Bertz CT molecular complexity index is 3570. The second-order valence-corrected chi connectivity index (χ2v) is 28.8. The normalized spacial score (nSPS) is 15.4. The van der Waals surface area contributed by atoms with E-state index in [0.29, 0.717) is 51.0 Å². The standard InChI is InChI=1S/C77H86N2O3S2/c1-12-14-16-17-50-18-20-51(21-19-50)52-22-24-53(25-23-52)54-28-42-62(43-29-54)83-66-47-46-65(78-59-36-30-56(31-37-59)75(3,4)5)68-69(66)74(81)70-67(84-63-44-34-58(35-45-63)77(9,10)11)49-64(55-26-40-61(41-27-55)82-48-15-13-2)72(71(70)73(68)80)79-60-38-32-57(33-39-60)76(6,7)8/h22-47,49-51,78-79H,12-21,48H2,1-11H3. The van der Waals surface area contributed by atoms with Crippen LogP contribution in [0.15, 0.2) is 183 Å². The molecule has 434 valence electrons. The number of carbonyl (C=O) groups excluding carboxylic acids is 2. The third-order valence-corrected chi connectivity index (χ3v) is 19.3. The van der Waals surface area contributed by atoms with E-state index in [1.165, 1.54) is 103 Å². The molecule has 0 aromatic heterocycles. The maximum atomic E-state index is 16.5. The van der Waals surface area contributed by atoms with Crippen molar-refractivity contribution in [1.29, 1.82) is 0 Å². The van der Waals surface area contributed by atoms with Gasteiger partial charge < -0.3 is 15.4 Å². The summed E-state index contributed by atoms with van der Waals surface area (Å²) in [6.45, 7) is 25.0. The van der Waals surface area contributed by atoms with Crippen LogP contribution in [0.25, 0.3) is 22.3 Å². The average molecular weight is 1150 g/mol. The lowest BCUT2D eigenvalue weighted by atomic mass is 9.77. The Hall–Kier alpha value is -6.80. The third-order valence-electron chi connectivity index (χ3n) is 17.2. The number of nitrogens with one attached hydrogen (secondary N) is 2. The van der Waals surface area contributed by atoms with Gasteiger partial charge in [-0.1, -0.05) is 217 Å². The Morgan fingerprint density at radius 3 is 1.49 bits per heavy atom. The summed E-state index contributed by atoms with van der Waals surface area (Å²) in [7, 11) is 0. The predicted octanol–water partition coefficient (Wildman–Crippen LogP) is 22.5. The molecule has 0 aliphatic heterocycles. The molecule has 1 saturated carbocycles. The maximum Gasteiger partial charge on any atom is 0.198 e. The van der Waals surface area contributed by atoms with Crippen LogP contribution in [-0.2, 0) is 16.2 Å². The first kappa shape index (κ1) is 60.3. The molecule has 8 aromatic carbocycles. The largest absolute Gasteiger partial charge is 0.494 e. The minimum absolute atomic E-state index is 0.0427. The Balaban J connectivity index is 1.08. The van der Waals surface area contributed by atoms with Gasteiger partial charge in [-0.15, -0.1) is 0 Å². The van der Waals surface area contributed by atoms with E-state index in [1.807, 2.05) is 24.3 Å². The lowest BCUT2D eigenvalue weighted by molar-refractivity contribution is 0.0976. The predicted molar refractivity (Wildman–Crippen MR) is 357 cm³/mol. The molecule has 0 radical (unpaired) electrons. The first-order valence-corrected chi connectivity index (χ1v) is 32.5. The van der Waals surface area contributed by atoms with Gasteiger partial charge in [-0.25, -0.2) is 0 Å². The number of anilines is 4. The SMILES string of the molecule is CCCCCC1CCC(c2ccc(-c3ccc(Sc4ccc(Nc5ccc(C(C)(C)C)cc5)c5c4C(=O)c4c(Sc6ccc(C(C)(C)C)cc6)cc(-c6ccc(OCCCC)cc6)c(Nc6ccc(C(C)(C)C)cc6)c4C5=O)cc3)cc2)CC1. The number of carbonyl (C=O) groups is 2. The second-order valence-electron chi connectivity index (χ2n) is 26.5. The molecule has 10 rings (SSSR count). The summed E-state index contributed by atoms with van der Waals surface area (Å²) < 4.78 is 6.17. The summed E-state index contributed by atoms with van der Waals surface area (Å²) in [5.41, 5.74) is 13.2. The molecule has 7 heteroatoms. The maximum absolute atomic E-state index is 16.5. The van der Waals surface area contributed by atoms with E-state index in [1.54, 1.807) is 0 Å². The number of ketones is 2. The molecule has 0 saturated heterocycles. The van der Waals surface area contributed by atoms with E-state index in [2.05, 4.69) is 226 Å². The Morgan fingerprint density at radius 1 is 0.464 bits per heavy atom. The molecule has 2 N–H and O–H groups in total. The Kier molecular flexibility index (Phi) is 18.5. The van der Waals surface area contributed by atoms with E-state index in [9.17, 15) is 0 Å². The van der Waals surface area contributed by atoms with Crippen LogP contribution in [0, 0.1) is 5.92 Å². The van der Waals surface area contributed by atoms with E-state index in [-0.39, 0.29) is 27.8 Å². The average Bonchev–Trinajstić information content (AvgIpc) is 1.24. The molecule has 0 unspecified atom stereocenters. The van der Waals surface area contributed by atoms with Crippen molar-refractivity contribution >= 4 is 57.8 Å². The van der Waals surface area contributed by atoms with Crippen LogP contribution < -0.4 is 15.4 Å². The van der Waals surface area contributed by atoms with Crippen LogP contribution in [0.1, 0.15) is 200 Å². The monoisotopic (exact) mass is 1150 g/mol. The molecule has 2 aliphatic rings. The quantitative estimate of drug-likeness (QED) is 0.0782. The van der Waals surface area contributed by atoms with Crippen molar-refractivity contribution in [2.24, 2.45) is 5.92 Å². The zero-order valence-electron chi connectivity index (χ0n) is 51.6. The van der Waals surface area contributed by atoms with Gasteiger partial charge in [0.1, 0.15) is 5.75 Å². The third kappa shape index (κ3) is 14.0. The number of ether oxygens (including phenoxy) is 1. The van der Waals surface area contributed by atoms with Crippen LogP contribution in [0.3, 0.4) is 0 Å². The number of benzene rings is 8. The fraction of sp³-hybridized carbons (Fsp3) is 0.351. The van der Waals surface area contributed by atoms with Gasteiger partial charge in [-0.2, -0.15) is 0 Å². The fourth-order valence-corrected chi connectivity index (χ4v) is 13.9. The molecule has 8 aromatic rings. The zero-order valence-corrected chi connectivity index (χ0v) is 53.2. The lowest BCUT2D eigenvalue weighted by Crippen LogP contribution is -2.25. The minimum Gasteiger partial charge on any atom is -0.494 e. The number of unbranched alkanes of at least 4 members (excludes halogenated alkanes) is 3. The van der Waals surface area contributed by atoms with Crippen LogP contribution in [-0.4, -0.2) is 18.2 Å². The van der Waals surface area contributed by atoms with Gasteiger partial charge in [-0.05, 0) is 178 Å². The molecule has 0 spiro atoms. The van der Waals surface area contributed by atoms with E-state index < -0.39 is 0 Å². The molecule has 84 heavy (non-hydrogen) atoms. The van der Waals surface area contributed by atoms with Crippen molar-refractivity contribution in [2.75, 3.05) is 17.2 Å². The van der Waals surface area contributed by atoms with Gasteiger partial charge in [0, 0.05) is 47.6 Å². The Labute approximate surface area is 510 Å². The van der Waals surface area contributed by atoms with E-state index in [4.69, 9.17) is 4.74 Å². The first-order valence-electron chi connectivity index (χ1n) is 30.9. The molecule has 0 bridgehead atoms. The molecular weight excluding hydrogens is 1060 g/mol. The summed E-state index contributed by atoms with van der Waals surface area (Å²) >= 11 is 3.06. The molecule has 2 aliphatic carbocycles. The van der Waals surface area contributed by atoms with Crippen LogP contribution in [0.5, 0.6) is 5.75 Å². The molecule has 5 nitrogen and oxygen atoms in total. The zero-order chi connectivity index (χ0) is 59.3. The highest BCUT2D eigenvalue weighted by Gasteiger charge is 2.40. The highest BCUT2D eigenvalue weighted by Crippen LogP contribution is 2.50. The van der Waals surface area contributed by atoms with Gasteiger partial charge in [0.2, 0.25) is 0 Å². The second kappa shape index (κ2) is 25.8. The van der Waals surface area contributed by atoms with Crippen LogP contribution in [0.2, 0.25) is 0 Å². The van der Waals surface area contributed by atoms with Crippen molar-refractivity contribution in [3.05, 3.63) is 208 Å². The summed E-state index contributed by atoms with van der Waals surface area (Å²) in [4.78, 5) is 36.3. The van der Waals surface area contributed by atoms with Crippen molar-refractivity contribution in [2.45, 2.75) is 182 Å². The van der Waals surface area contributed by atoms with Gasteiger partial charge in [0.05, 0.1) is 29.1 Å². The number of rotatable bonds is 19. The summed E-state index contributed by atoms with van der Waals surface area (Å²) in [6.07, 6.45) is 12.7. The molecular formula is C77H86N2O3S2. The smallest absolute Gasteiger partial charge is 0.198 e. The molecule has 1 fully saturated rings. The topological polar surface area (TPSA) is 67.4 Å². The highest BCUT2D eigenvalue weighted by molar-refractivity contribution is 7.99. The number of hydrogen-bond donors (Lipinski definition) is 2. The van der Waals surface area contributed by atoms with Crippen molar-refractivity contribution in [1.82, 2.24) is 0 Å². The van der Waals surface area contributed by atoms with Gasteiger partial charge in [0.15, 0.2) is 11.6 Å². The van der Waals surface area contributed by atoms with Crippen molar-refractivity contribution in [3.63, 3.8) is 0 Å². The highest BCUT2D eigenvalue weighted by atomic mass is 32.2. The minimum atomic E-state index is -0.227. The van der Waals surface area contributed by atoms with Crippen molar-refractivity contribution in [3.8, 4) is 28.0 Å². The summed E-state index contributed by atoms with van der Waals surface area (Å²) in [5.74, 6) is 1.90. The first-order chi connectivity index (χ1) is 40.2. The van der Waals surface area contributed by atoms with Gasteiger partial charge in [-0.3, -0.25) is 9.59 Å². The van der Waals surface area contributed by atoms with Crippen LogP contribution >= 0.6 is 23.5 Å². The molecule has 0 amide bonds. The van der Waals surface area contributed by atoms with Crippen LogP contribution in [0.4, 0.5) is 22.7 Å². The van der Waals surface area contributed by atoms with Gasteiger partial charge >= 0.3 is 0 Å². The molecule has 0 atom stereocenters. The summed E-state index contributed by atoms with van der Waals surface area (Å²) in [5, 5.41) is 7.44. The van der Waals surface area contributed by atoms with E-state index in [0.717, 1.165) is 67.3 Å². The molecule has 0 heterocycles. The van der Waals surface area contributed by atoms with Crippen molar-refractivity contribution < 1.29 is 14.3 Å². The lowest BCUT2D eigenvalue weighted by Gasteiger charge is -2.29.